The molecule has 1 rings (SSSR count). The number of allylic oxidation sites excluding steroid dienone is 2. The second kappa shape index (κ2) is 4.04. The molecule has 4 nitrogen and oxygen atoms in total. The maximum absolute atomic E-state index is 10.3. The van der Waals surface area contributed by atoms with E-state index in [9.17, 15) is 4.79 Å². The Kier molecular flexibility index (Phi) is 3.02. The van der Waals surface area contributed by atoms with Crippen LogP contribution in [0.25, 0.3) is 0 Å². The third kappa shape index (κ3) is 2.18. The summed E-state index contributed by atoms with van der Waals surface area (Å²) in [6, 6.07) is 0. The summed E-state index contributed by atoms with van der Waals surface area (Å²) in [5, 5.41) is 16.9. The van der Waals surface area contributed by atoms with Gasteiger partial charge < -0.3 is 14.7 Å². The van der Waals surface area contributed by atoms with Crippen molar-refractivity contribution in [2.45, 2.75) is 6.10 Å². The summed E-state index contributed by atoms with van der Waals surface area (Å²) in [4.78, 5) is 10.3. The molecule has 0 saturated carbocycles. The van der Waals surface area contributed by atoms with E-state index in [1.165, 1.54) is 12.2 Å². The second-order valence-corrected chi connectivity index (χ2v) is 2.18. The monoisotopic (exact) mass is 166 g/mol. The van der Waals surface area contributed by atoms with Crippen molar-refractivity contribution >= 4 is 13.3 Å². The van der Waals surface area contributed by atoms with Gasteiger partial charge in [0.15, 0.2) is 0 Å². The van der Waals surface area contributed by atoms with Gasteiger partial charge in [0.05, 0.1) is 11.7 Å². The first-order valence-corrected chi connectivity index (χ1v) is 3.35. The molecule has 0 aromatic heterocycles. The van der Waals surface area contributed by atoms with E-state index in [1.54, 1.807) is 18.1 Å². The molecule has 1 unspecified atom stereocenters. The van der Waals surface area contributed by atoms with Crippen LogP contribution >= 0.6 is 0 Å². The lowest BCUT2D eigenvalue weighted by Gasteiger charge is -2.13. The predicted molar refractivity (Wildman–Crippen MR) is 42.6 cm³/mol. The first kappa shape index (κ1) is 8.97. The van der Waals surface area contributed by atoms with Crippen LogP contribution in [0.5, 0.6) is 0 Å². The van der Waals surface area contributed by atoms with Crippen molar-refractivity contribution in [3.63, 3.8) is 0 Å². The third-order valence-electron chi connectivity index (χ3n) is 1.37. The first-order chi connectivity index (χ1) is 5.74. The van der Waals surface area contributed by atoms with Crippen molar-refractivity contribution in [2.24, 2.45) is 0 Å². The molecule has 0 radical (unpaired) electrons. The summed E-state index contributed by atoms with van der Waals surface area (Å²) in [6.07, 6.45) is 5.60. The van der Waals surface area contributed by atoms with Gasteiger partial charge in [-0.1, -0.05) is 18.2 Å². The van der Waals surface area contributed by atoms with Crippen LogP contribution in [0, 0.1) is 0 Å². The van der Waals surface area contributed by atoms with Crippen LogP contribution in [0.3, 0.4) is 0 Å². The van der Waals surface area contributed by atoms with Gasteiger partial charge in [0.2, 0.25) is 0 Å². The molecule has 0 bridgehead atoms. The maximum Gasteiger partial charge on any atom is 0.634 e. The molecule has 1 atom stereocenters. The number of hydrogen-bond donors (Lipinski definition) is 2. The highest BCUT2D eigenvalue weighted by atomic mass is 16.6. The average molecular weight is 166 g/mol. The second-order valence-electron chi connectivity index (χ2n) is 2.18. The van der Waals surface area contributed by atoms with Gasteiger partial charge in [-0.3, -0.25) is 0 Å². The van der Waals surface area contributed by atoms with Crippen molar-refractivity contribution in [1.82, 2.24) is 0 Å². The maximum atomic E-state index is 10.3. The number of carbonyl (C=O) groups excluding carboxylic acids is 1. The molecule has 5 heteroatoms. The van der Waals surface area contributed by atoms with Gasteiger partial charge in [0.1, 0.15) is 5.94 Å². The molecule has 0 heterocycles. The Morgan fingerprint density at radius 3 is 2.83 bits per heavy atom. The fourth-order valence-electron chi connectivity index (χ4n) is 0.865. The Hall–Kier alpha value is -1.13. The highest BCUT2D eigenvalue weighted by Crippen LogP contribution is 2.11. The van der Waals surface area contributed by atoms with E-state index in [0.717, 1.165) is 0 Å². The molecule has 0 fully saturated rings. The van der Waals surface area contributed by atoms with Crippen molar-refractivity contribution < 1.29 is 19.5 Å². The lowest BCUT2D eigenvalue weighted by Crippen LogP contribution is -2.26. The Morgan fingerprint density at radius 1 is 1.50 bits per heavy atom. The quantitative estimate of drug-likeness (QED) is 0.417. The highest BCUT2D eigenvalue weighted by Gasteiger charge is 2.19. The van der Waals surface area contributed by atoms with Crippen molar-refractivity contribution in [2.75, 3.05) is 0 Å². The number of hydrogen-bond acceptors (Lipinski definition) is 4. The zero-order chi connectivity index (χ0) is 8.97. The van der Waals surface area contributed by atoms with Crippen LogP contribution in [-0.2, 0) is 9.45 Å². The topological polar surface area (TPSA) is 66.8 Å². The molecule has 2 N–H and O–H groups in total. The van der Waals surface area contributed by atoms with Gasteiger partial charge in [-0.2, -0.15) is 0 Å². The van der Waals surface area contributed by atoms with Gasteiger partial charge in [0.25, 0.3) is 0 Å². The highest BCUT2D eigenvalue weighted by molar-refractivity contribution is 6.32. The zero-order valence-electron chi connectivity index (χ0n) is 6.18. The minimum atomic E-state index is -1.88. The van der Waals surface area contributed by atoms with Crippen LogP contribution in [0.1, 0.15) is 0 Å². The van der Waals surface area contributed by atoms with Crippen molar-refractivity contribution in [3.05, 3.63) is 29.9 Å². The smallest absolute Gasteiger partial charge is 0.402 e. The van der Waals surface area contributed by atoms with Gasteiger partial charge in [-0.25, -0.2) is 4.79 Å². The summed E-state index contributed by atoms with van der Waals surface area (Å²) in [5.41, 5.74) is 0.241. The van der Waals surface area contributed by atoms with Gasteiger partial charge in [-0.05, 0) is 6.08 Å². The van der Waals surface area contributed by atoms with Gasteiger partial charge >= 0.3 is 7.32 Å². The Morgan fingerprint density at radius 2 is 2.25 bits per heavy atom. The summed E-state index contributed by atoms with van der Waals surface area (Å²) < 4.78 is 4.57. The largest absolute Gasteiger partial charge is 0.634 e. The Balaban J connectivity index is 2.70. The molecule has 0 aromatic carbocycles. The van der Waals surface area contributed by atoms with E-state index in [2.05, 4.69) is 4.65 Å². The molecule has 0 amide bonds. The summed E-state index contributed by atoms with van der Waals surface area (Å²) in [5.74, 6) is 1.64. The fourth-order valence-corrected chi connectivity index (χ4v) is 0.865. The summed E-state index contributed by atoms with van der Waals surface area (Å²) in [7, 11) is -1.88. The molecule has 1 aliphatic rings. The molecular weight excluding hydrogens is 159 g/mol. The molecule has 0 aromatic rings. The van der Waals surface area contributed by atoms with E-state index in [1.807, 2.05) is 0 Å². The SMILES string of the molecule is O=C=C1C=CC=CC1OB(O)O. The van der Waals surface area contributed by atoms with E-state index < -0.39 is 13.4 Å². The standard InChI is InChI=1S/C7H7BO4/c9-5-6-3-1-2-4-7(6)12-8(10)11/h1-4,7,10-11H. The average Bonchev–Trinajstić information content (AvgIpc) is 2.04. The summed E-state index contributed by atoms with van der Waals surface area (Å²) in [6.45, 7) is 0. The van der Waals surface area contributed by atoms with Crippen LogP contribution in [0.15, 0.2) is 29.9 Å². The molecule has 0 saturated heterocycles. The van der Waals surface area contributed by atoms with Crippen molar-refractivity contribution in [3.8, 4) is 0 Å². The Labute approximate surface area is 69.6 Å². The van der Waals surface area contributed by atoms with E-state index >= 15 is 0 Å². The van der Waals surface area contributed by atoms with E-state index in [-0.39, 0.29) is 5.57 Å². The molecule has 1 aliphatic carbocycles. The number of rotatable bonds is 2. The predicted octanol–water partition coefficient (Wildman–Crippen LogP) is -0.775. The molecule has 12 heavy (non-hydrogen) atoms. The minimum Gasteiger partial charge on any atom is -0.402 e. The zero-order valence-corrected chi connectivity index (χ0v) is 6.18. The minimum absolute atomic E-state index is 0.241. The molecule has 0 aliphatic heterocycles. The van der Waals surface area contributed by atoms with Crippen LogP contribution in [0.4, 0.5) is 0 Å². The molecule has 62 valence electrons. The third-order valence-corrected chi connectivity index (χ3v) is 1.37. The molecule has 0 spiro atoms. The lowest BCUT2D eigenvalue weighted by molar-refractivity contribution is 0.168. The van der Waals surface area contributed by atoms with Gasteiger partial charge in [-0.15, -0.1) is 0 Å². The van der Waals surface area contributed by atoms with E-state index in [0.29, 0.717) is 0 Å². The van der Waals surface area contributed by atoms with Crippen LogP contribution in [0.2, 0.25) is 0 Å². The normalized spacial score (nSPS) is 20.8. The first-order valence-electron chi connectivity index (χ1n) is 3.35. The summed E-state index contributed by atoms with van der Waals surface area (Å²) >= 11 is 0. The molecular formula is C7H7BO4. The Bertz CT molecular complexity index is 263. The van der Waals surface area contributed by atoms with Gasteiger partial charge in [0, 0.05) is 0 Å². The van der Waals surface area contributed by atoms with E-state index in [4.69, 9.17) is 10.0 Å². The van der Waals surface area contributed by atoms with Crippen LogP contribution in [-0.4, -0.2) is 29.4 Å². The van der Waals surface area contributed by atoms with Crippen LogP contribution < -0.4 is 0 Å². The fraction of sp³-hybridized carbons (Fsp3) is 0.143. The lowest BCUT2D eigenvalue weighted by atomic mass is 10.0. The van der Waals surface area contributed by atoms with Crippen molar-refractivity contribution in [1.29, 1.82) is 0 Å².